The van der Waals surface area contributed by atoms with Gasteiger partial charge in [0.2, 0.25) is 5.95 Å². The van der Waals surface area contributed by atoms with E-state index in [-0.39, 0.29) is 42.1 Å². The maximum Gasteiger partial charge on any atom is 2.00 e. The predicted molar refractivity (Wildman–Crippen MR) is 283 cm³/mol. The number of ether oxygens (including phenoxy) is 2. The summed E-state index contributed by atoms with van der Waals surface area (Å²) in [6, 6.07) is 65.5. The number of hydrogen-bond acceptors (Lipinski definition) is 6. The Morgan fingerprint density at radius 3 is 1.16 bits per heavy atom. The molecule has 11 heteroatoms. The smallest absolute Gasteiger partial charge is 0.509 e. The van der Waals surface area contributed by atoms with Crippen molar-refractivity contribution in [2.24, 2.45) is 0 Å². The minimum atomic E-state index is 0. The number of aromatic nitrogens is 7. The summed E-state index contributed by atoms with van der Waals surface area (Å²) in [7, 11) is 0. The van der Waals surface area contributed by atoms with E-state index in [2.05, 4.69) is 140 Å². The molecular weight excluding hydrogens is 1260 g/mol. The van der Waals surface area contributed by atoms with Gasteiger partial charge in [0.25, 0.3) is 0 Å². The molecule has 6 aromatic heterocycles. The average Bonchev–Trinajstić information content (AvgIpc) is 4.03. The zero-order valence-electron chi connectivity index (χ0n) is 40.0. The molecule has 7 aromatic carbocycles. The van der Waals surface area contributed by atoms with Gasteiger partial charge >= 0.3 is 42.1 Å². The SMILES string of the molecule is CC(C)c1cccc(C(C)C)c1-c1cnc(-n2c3[c-]c(Oc4[c-]c5c(cc4)c4ccccc4n5-c4ccccn4)ccc3c3ccc(Oc4[c-]c5c(cc4)c4ccccc4n5-c4ccccn4)[c-]c32)nc1.[Pt+2].[Pt+2]. The summed E-state index contributed by atoms with van der Waals surface area (Å²) in [4.78, 5) is 19.6. The van der Waals surface area contributed by atoms with Gasteiger partial charge in [0.1, 0.15) is 11.6 Å². The van der Waals surface area contributed by atoms with Crippen LogP contribution in [0.15, 0.2) is 176 Å². The largest absolute Gasteiger partial charge is 2.00 e. The summed E-state index contributed by atoms with van der Waals surface area (Å²) in [6.45, 7) is 8.92. The van der Waals surface area contributed by atoms with Crippen LogP contribution in [-0.4, -0.2) is 33.6 Å². The molecule has 0 atom stereocenters. The molecule has 0 bridgehead atoms. The van der Waals surface area contributed by atoms with E-state index >= 15 is 0 Å². The van der Waals surface area contributed by atoms with Crippen LogP contribution in [0.3, 0.4) is 0 Å². The minimum Gasteiger partial charge on any atom is -0.509 e. The van der Waals surface area contributed by atoms with Crippen LogP contribution in [-0.2, 0) is 42.1 Å². The van der Waals surface area contributed by atoms with Gasteiger partial charge in [0.15, 0.2) is 0 Å². The van der Waals surface area contributed by atoms with Gasteiger partial charge in [-0.2, -0.15) is 35.0 Å². The van der Waals surface area contributed by atoms with Gasteiger partial charge < -0.3 is 23.2 Å². The summed E-state index contributed by atoms with van der Waals surface area (Å²) in [5.74, 6) is 4.78. The standard InChI is InChI=1S/C62H43N7O2.2Pt/c1-38(2)45-16-13-17-46(39(3)4)61(45)40-36-65-62(66-37-40)69-57-34-43(70-41-22-26-49-47-14-5-7-18-53(47)67(55(49)32-41)59-20-9-11-30-63-59)24-28-51(57)52-29-25-44(35-58(52)69)71-42-23-27-50-48-15-6-8-19-54(48)68(56(50)33-42)60-21-10-12-31-64-60;;/h5-31,36-39H,1-4H3;;/q-4;2*+2. The van der Waals surface area contributed by atoms with Crippen molar-refractivity contribution in [3.63, 3.8) is 0 Å². The van der Waals surface area contributed by atoms with Gasteiger partial charge in [-0.05, 0) is 75.7 Å². The van der Waals surface area contributed by atoms with Crippen LogP contribution in [0.1, 0.15) is 50.7 Å². The van der Waals surface area contributed by atoms with E-state index in [0.717, 1.165) is 82.6 Å². The van der Waals surface area contributed by atoms with Gasteiger partial charge in [-0.1, -0.05) is 116 Å². The minimum absolute atomic E-state index is 0. The molecule has 73 heavy (non-hydrogen) atoms. The normalized spacial score (nSPS) is 11.6. The van der Waals surface area contributed by atoms with Crippen molar-refractivity contribution >= 4 is 65.4 Å². The van der Waals surface area contributed by atoms with Crippen LogP contribution in [0, 0.1) is 24.3 Å². The Morgan fingerprint density at radius 2 is 0.767 bits per heavy atom. The van der Waals surface area contributed by atoms with Crippen molar-refractivity contribution in [2.75, 3.05) is 0 Å². The first-order valence-corrected chi connectivity index (χ1v) is 23.8. The molecule has 0 aliphatic rings. The van der Waals surface area contributed by atoms with Crippen molar-refractivity contribution in [3.8, 4) is 51.7 Å². The summed E-state index contributed by atoms with van der Waals surface area (Å²) < 4.78 is 19.6. The van der Waals surface area contributed by atoms with Crippen molar-refractivity contribution in [1.29, 1.82) is 0 Å². The second-order valence-corrected chi connectivity index (χ2v) is 18.4. The van der Waals surface area contributed by atoms with E-state index in [1.54, 1.807) is 12.4 Å². The fraction of sp³-hybridized carbons (Fsp3) is 0.0968. The quantitative estimate of drug-likeness (QED) is 0.127. The van der Waals surface area contributed by atoms with E-state index in [4.69, 9.17) is 29.4 Å². The molecule has 0 saturated heterocycles. The van der Waals surface area contributed by atoms with Crippen LogP contribution in [0.2, 0.25) is 0 Å². The molecule has 13 aromatic rings. The van der Waals surface area contributed by atoms with E-state index in [1.165, 1.54) is 16.7 Å². The number of benzene rings is 7. The molecule has 0 aliphatic heterocycles. The Kier molecular flexibility index (Phi) is 12.6. The molecule has 0 N–H and O–H groups in total. The molecule has 0 radical (unpaired) electrons. The Labute approximate surface area is 450 Å². The molecule has 9 nitrogen and oxygen atoms in total. The topological polar surface area (TPSA) is 84.8 Å². The van der Waals surface area contributed by atoms with E-state index < -0.39 is 0 Å². The predicted octanol–water partition coefficient (Wildman–Crippen LogP) is 15.3. The molecule has 0 fully saturated rings. The molecule has 0 aliphatic carbocycles. The summed E-state index contributed by atoms with van der Waals surface area (Å²) >= 11 is 0. The number of rotatable bonds is 10. The summed E-state index contributed by atoms with van der Waals surface area (Å²) in [5.41, 5.74) is 9.92. The third-order valence-electron chi connectivity index (χ3n) is 13.3. The molecule has 0 unspecified atom stereocenters. The Balaban J connectivity index is 0.00000287. The number of hydrogen-bond donors (Lipinski definition) is 0. The van der Waals surface area contributed by atoms with Crippen molar-refractivity contribution in [3.05, 3.63) is 212 Å². The van der Waals surface area contributed by atoms with Gasteiger partial charge in [0.05, 0.1) is 0 Å². The Bertz CT molecular complexity index is 3940. The molecule has 0 spiro atoms. The summed E-state index contributed by atoms with van der Waals surface area (Å²) in [6.07, 6.45) is 7.48. The van der Waals surface area contributed by atoms with Crippen molar-refractivity contribution in [2.45, 2.75) is 39.5 Å². The first-order chi connectivity index (χ1) is 34.9. The van der Waals surface area contributed by atoms with Crippen molar-refractivity contribution in [1.82, 2.24) is 33.6 Å². The third kappa shape index (κ3) is 8.21. The van der Waals surface area contributed by atoms with Crippen molar-refractivity contribution < 1.29 is 51.6 Å². The van der Waals surface area contributed by atoms with Gasteiger partial charge in [-0.25, -0.2) is 19.9 Å². The zero-order valence-corrected chi connectivity index (χ0v) is 44.5. The number of pyridine rings is 2. The monoisotopic (exact) mass is 1310 g/mol. The van der Waals surface area contributed by atoms with Gasteiger partial charge in [0, 0.05) is 64.4 Å². The number of para-hydroxylation sites is 2. The summed E-state index contributed by atoms with van der Waals surface area (Å²) in [5, 5.41) is 6.18. The molecule has 0 saturated carbocycles. The van der Waals surface area contributed by atoms with Crippen LogP contribution in [0.5, 0.6) is 23.0 Å². The first-order valence-electron chi connectivity index (χ1n) is 23.8. The molecule has 6 heterocycles. The fourth-order valence-electron chi connectivity index (χ4n) is 10.1. The van der Waals surface area contributed by atoms with Gasteiger partial charge in [-0.15, -0.1) is 59.3 Å². The molecule has 13 rings (SSSR count). The van der Waals surface area contributed by atoms with Crippen LogP contribution >= 0.6 is 0 Å². The van der Waals surface area contributed by atoms with Crippen LogP contribution in [0.4, 0.5) is 0 Å². The fourth-order valence-corrected chi connectivity index (χ4v) is 10.1. The first kappa shape index (κ1) is 47.6. The number of fused-ring (bicyclic) bond motifs is 9. The maximum atomic E-state index is 6.67. The van der Waals surface area contributed by atoms with E-state index in [1.807, 2.05) is 89.8 Å². The van der Waals surface area contributed by atoms with E-state index in [0.29, 0.717) is 40.8 Å². The Morgan fingerprint density at radius 1 is 0.384 bits per heavy atom. The third-order valence-corrected chi connectivity index (χ3v) is 13.3. The number of nitrogens with zero attached hydrogens (tertiary/aromatic N) is 7. The second kappa shape index (κ2) is 19.4. The molecule has 0 amide bonds. The second-order valence-electron chi connectivity index (χ2n) is 18.4. The van der Waals surface area contributed by atoms with Crippen LogP contribution in [0.25, 0.3) is 94.1 Å². The maximum absolute atomic E-state index is 6.67. The Hall–Kier alpha value is -7.70. The van der Waals surface area contributed by atoms with Crippen LogP contribution < -0.4 is 9.47 Å². The van der Waals surface area contributed by atoms with E-state index in [9.17, 15) is 0 Å². The molecular formula is C62H43N7O2Pt2. The van der Waals surface area contributed by atoms with Gasteiger partial charge in [-0.3, -0.25) is 0 Å². The zero-order chi connectivity index (χ0) is 47.7. The average molecular weight is 1310 g/mol. The molecule has 358 valence electrons.